The van der Waals surface area contributed by atoms with E-state index in [4.69, 9.17) is 4.74 Å². The summed E-state index contributed by atoms with van der Waals surface area (Å²) in [6, 6.07) is 12.1. The third kappa shape index (κ3) is 5.14. The molecule has 0 saturated carbocycles. The van der Waals surface area contributed by atoms with E-state index >= 15 is 0 Å². The van der Waals surface area contributed by atoms with Crippen LogP contribution in [0.1, 0.15) is 30.3 Å². The highest BCUT2D eigenvalue weighted by Crippen LogP contribution is 2.22. The van der Waals surface area contributed by atoms with Crippen molar-refractivity contribution in [1.82, 2.24) is 10.3 Å². The molecular formula is C17H21BrN2O. The average Bonchev–Trinajstić information content (AvgIpc) is 2.49. The summed E-state index contributed by atoms with van der Waals surface area (Å²) in [5.41, 5.74) is 3.17. The van der Waals surface area contributed by atoms with Gasteiger partial charge in [0.1, 0.15) is 12.4 Å². The Bertz CT molecular complexity index is 587. The van der Waals surface area contributed by atoms with E-state index < -0.39 is 0 Å². The van der Waals surface area contributed by atoms with Crippen LogP contribution in [0.5, 0.6) is 5.75 Å². The molecule has 1 aromatic heterocycles. The number of pyridine rings is 1. The highest BCUT2D eigenvalue weighted by molar-refractivity contribution is 9.10. The fourth-order valence-electron chi connectivity index (χ4n) is 1.97. The molecule has 0 fully saturated rings. The first-order valence-corrected chi connectivity index (χ1v) is 8.03. The molecule has 0 bridgehead atoms. The topological polar surface area (TPSA) is 34.1 Å². The Hall–Kier alpha value is -1.39. The van der Waals surface area contributed by atoms with Crippen molar-refractivity contribution in [2.45, 2.75) is 33.4 Å². The van der Waals surface area contributed by atoms with Gasteiger partial charge in [-0.15, -0.1) is 0 Å². The maximum atomic E-state index is 5.80. The van der Waals surface area contributed by atoms with Crippen LogP contribution in [0.4, 0.5) is 0 Å². The number of aromatic nitrogens is 1. The summed E-state index contributed by atoms with van der Waals surface area (Å²) in [5.74, 6) is 0.868. The Labute approximate surface area is 134 Å². The number of ether oxygens (including phenoxy) is 1. The second-order valence-corrected chi connectivity index (χ2v) is 5.85. The first-order valence-electron chi connectivity index (χ1n) is 7.23. The van der Waals surface area contributed by atoms with Gasteiger partial charge in [0.15, 0.2) is 0 Å². The molecule has 0 aliphatic carbocycles. The van der Waals surface area contributed by atoms with E-state index in [9.17, 15) is 0 Å². The zero-order valence-electron chi connectivity index (χ0n) is 12.5. The average molecular weight is 349 g/mol. The Morgan fingerprint density at radius 1 is 1.19 bits per heavy atom. The van der Waals surface area contributed by atoms with Gasteiger partial charge in [-0.25, -0.2) is 0 Å². The summed E-state index contributed by atoms with van der Waals surface area (Å²) in [4.78, 5) is 4.60. The van der Waals surface area contributed by atoms with Crippen molar-refractivity contribution in [2.24, 2.45) is 0 Å². The van der Waals surface area contributed by atoms with E-state index in [2.05, 4.69) is 40.1 Å². The standard InChI is InChI=1S/C17H21BrN2O/c1-3-9-19-11-14-5-4-6-15(20-14)12-21-16-7-8-17(18)13(2)10-16/h4-8,10,19H,3,9,11-12H2,1-2H3. The predicted molar refractivity (Wildman–Crippen MR) is 89.4 cm³/mol. The number of halogens is 1. The van der Waals surface area contributed by atoms with Gasteiger partial charge in [-0.2, -0.15) is 0 Å². The molecule has 0 spiro atoms. The summed E-state index contributed by atoms with van der Waals surface area (Å²) < 4.78 is 6.90. The van der Waals surface area contributed by atoms with Crippen LogP contribution < -0.4 is 10.1 Å². The van der Waals surface area contributed by atoms with Crippen LogP contribution in [0.25, 0.3) is 0 Å². The van der Waals surface area contributed by atoms with Gasteiger partial charge in [0.2, 0.25) is 0 Å². The quantitative estimate of drug-likeness (QED) is 0.760. The number of aryl methyl sites for hydroxylation is 1. The molecule has 0 saturated heterocycles. The molecule has 4 heteroatoms. The Kier molecular flexibility index (Phi) is 6.21. The van der Waals surface area contributed by atoms with Gasteiger partial charge in [0, 0.05) is 11.0 Å². The lowest BCUT2D eigenvalue weighted by molar-refractivity contribution is 0.300. The Morgan fingerprint density at radius 3 is 2.76 bits per heavy atom. The number of rotatable bonds is 7. The zero-order valence-corrected chi connectivity index (χ0v) is 14.1. The van der Waals surface area contributed by atoms with E-state index in [0.29, 0.717) is 6.61 Å². The third-order valence-electron chi connectivity index (χ3n) is 3.11. The predicted octanol–water partition coefficient (Wildman–Crippen LogP) is 4.23. The molecule has 21 heavy (non-hydrogen) atoms. The molecule has 2 rings (SSSR count). The van der Waals surface area contributed by atoms with Gasteiger partial charge in [-0.1, -0.05) is 28.9 Å². The van der Waals surface area contributed by atoms with E-state index in [-0.39, 0.29) is 0 Å². The number of hydrogen-bond acceptors (Lipinski definition) is 3. The molecule has 1 aromatic carbocycles. The third-order valence-corrected chi connectivity index (χ3v) is 4.00. The number of nitrogens with zero attached hydrogens (tertiary/aromatic N) is 1. The van der Waals surface area contributed by atoms with Gasteiger partial charge < -0.3 is 10.1 Å². The molecule has 0 atom stereocenters. The molecule has 3 nitrogen and oxygen atoms in total. The van der Waals surface area contributed by atoms with Crippen LogP contribution in [0.15, 0.2) is 40.9 Å². The van der Waals surface area contributed by atoms with Gasteiger partial charge in [-0.3, -0.25) is 4.98 Å². The maximum absolute atomic E-state index is 5.80. The molecule has 0 aliphatic heterocycles. The fraction of sp³-hybridized carbons (Fsp3) is 0.353. The number of benzene rings is 1. The SMILES string of the molecule is CCCNCc1cccc(COc2ccc(Br)c(C)c2)n1. The van der Waals surface area contributed by atoms with Crippen LogP contribution in [0.3, 0.4) is 0 Å². The number of nitrogens with one attached hydrogen (secondary N) is 1. The minimum atomic E-state index is 0.489. The molecule has 0 amide bonds. The van der Waals surface area contributed by atoms with Crippen molar-refractivity contribution in [3.8, 4) is 5.75 Å². The molecule has 1 N–H and O–H groups in total. The number of hydrogen-bond donors (Lipinski definition) is 1. The van der Waals surface area contributed by atoms with Gasteiger partial charge in [0.05, 0.1) is 11.4 Å². The first-order chi connectivity index (χ1) is 10.2. The van der Waals surface area contributed by atoms with Crippen molar-refractivity contribution in [1.29, 1.82) is 0 Å². The molecule has 112 valence electrons. The minimum Gasteiger partial charge on any atom is -0.487 e. The Morgan fingerprint density at radius 2 is 2.00 bits per heavy atom. The summed E-state index contributed by atoms with van der Waals surface area (Å²) >= 11 is 3.49. The highest BCUT2D eigenvalue weighted by Gasteiger charge is 2.01. The lowest BCUT2D eigenvalue weighted by atomic mass is 10.2. The first kappa shape index (κ1) is 16.0. The molecule has 0 radical (unpaired) electrons. The van der Waals surface area contributed by atoms with Crippen LogP contribution >= 0.6 is 15.9 Å². The molecule has 0 aliphatic rings. The minimum absolute atomic E-state index is 0.489. The lowest BCUT2D eigenvalue weighted by Crippen LogP contribution is -2.15. The molecular weight excluding hydrogens is 328 g/mol. The van der Waals surface area contributed by atoms with Crippen molar-refractivity contribution in [3.63, 3.8) is 0 Å². The van der Waals surface area contributed by atoms with E-state index in [1.54, 1.807) is 0 Å². The van der Waals surface area contributed by atoms with E-state index in [0.717, 1.165) is 46.7 Å². The van der Waals surface area contributed by atoms with Crippen LogP contribution in [-0.2, 0) is 13.2 Å². The summed E-state index contributed by atoms with van der Waals surface area (Å²) in [7, 11) is 0. The summed E-state index contributed by atoms with van der Waals surface area (Å²) in [6.45, 7) is 6.52. The van der Waals surface area contributed by atoms with E-state index in [1.807, 2.05) is 36.4 Å². The lowest BCUT2D eigenvalue weighted by Gasteiger charge is -2.09. The van der Waals surface area contributed by atoms with Crippen LogP contribution in [-0.4, -0.2) is 11.5 Å². The van der Waals surface area contributed by atoms with E-state index in [1.165, 1.54) is 0 Å². The summed E-state index contributed by atoms with van der Waals surface area (Å²) in [5, 5.41) is 3.36. The smallest absolute Gasteiger partial charge is 0.130 e. The normalized spacial score (nSPS) is 10.6. The molecule has 0 unspecified atom stereocenters. The highest BCUT2D eigenvalue weighted by atomic mass is 79.9. The van der Waals surface area contributed by atoms with Crippen molar-refractivity contribution >= 4 is 15.9 Å². The fourth-order valence-corrected chi connectivity index (χ4v) is 2.21. The van der Waals surface area contributed by atoms with Crippen molar-refractivity contribution in [2.75, 3.05) is 6.54 Å². The van der Waals surface area contributed by atoms with Crippen molar-refractivity contribution in [3.05, 3.63) is 57.8 Å². The second kappa shape index (κ2) is 8.15. The van der Waals surface area contributed by atoms with Crippen molar-refractivity contribution < 1.29 is 4.74 Å². The molecule has 2 aromatic rings. The van der Waals surface area contributed by atoms with Gasteiger partial charge in [0.25, 0.3) is 0 Å². The molecule has 1 heterocycles. The van der Waals surface area contributed by atoms with Crippen LogP contribution in [0.2, 0.25) is 0 Å². The summed E-state index contributed by atoms with van der Waals surface area (Å²) in [6.07, 6.45) is 1.13. The van der Waals surface area contributed by atoms with Gasteiger partial charge >= 0.3 is 0 Å². The Balaban J connectivity index is 1.93. The maximum Gasteiger partial charge on any atom is 0.130 e. The van der Waals surface area contributed by atoms with Crippen LogP contribution in [0, 0.1) is 6.92 Å². The largest absolute Gasteiger partial charge is 0.487 e. The van der Waals surface area contributed by atoms with Gasteiger partial charge in [-0.05, 0) is 55.8 Å². The monoisotopic (exact) mass is 348 g/mol. The second-order valence-electron chi connectivity index (χ2n) is 5.00. The zero-order chi connectivity index (χ0) is 15.1.